The molecule has 0 bridgehead atoms. The Morgan fingerprint density at radius 2 is 2.00 bits per heavy atom. The van der Waals surface area contributed by atoms with Crippen molar-refractivity contribution in [1.29, 1.82) is 0 Å². The molecule has 0 radical (unpaired) electrons. The van der Waals surface area contributed by atoms with Crippen molar-refractivity contribution in [1.82, 2.24) is 4.57 Å². The van der Waals surface area contributed by atoms with Crippen LogP contribution in [0.2, 0.25) is 0 Å². The fraction of sp³-hybridized carbons (Fsp3) is 0.304. The molecule has 0 spiro atoms. The first-order valence-corrected chi connectivity index (χ1v) is 9.68. The summed E-state index contributed by atoms with van der Waals surface area (Å²) in [5.74, 6) is -0.570. The summed E-state index contributed by atoms with van der Waals surface area (Å²) in [7, 11) is 1.32. The lowest BCUT2D eigenvalue weighted by atomic mass is 9.99. The van der Waals surface area contributed by atoms with Crippen molar-refractivity contribution in [2.24, 2.45) is 5.73 Å². The average Bonchev–Trinajstić information content (AvgIpc) is 3.26. The SMILES string of the molecule is COC(=O)COc1cccc2c1c1c(n2Cc2cccc(C)c2)CCC1C(N)=O. The number of ether oxygens (including phenoxy) is 2. The Morgan fingerprint density at radius 1 is 1.21 bits per heavy atom. The van der Waals surface area contributed by atoms with Gasteiger partial charge in [-0.15, -0.1) is 0 Å². The summed E-state index contributed by atoms with van der Waals surface area (Å²) >= 11 is 0. The number of rotatable bonds is 6. The Kier molecular flexibility index (Phi) is 5.01. The zero-order chi connectivity index (χ0) is 20.5. The number of carbonyl (C=O) groups is 2. The molecule has 1 aliphatic carbocycles. The molecule has 0 aliphatic heterocycles. The molecule has 3 aromatic rings. The molecule has 1 aliphatic rings. The van der Waals surface area contributed by atoms with E-state index in [0.29, 0.717) is 18.7 Å². The minimum Gasteiger partial charge on any atom is -0.481 e. The number of nitrogens with zero attached hydrogens (tertiary/aromatic N) is 1. The maximum Gasteiger partial charge on any atom is 0.343 e. The van der Waals surface area contributed by atoms with Crippen molar-refractivity contribution in [2.45, 2.75) is 32.2 Å². The van der Waals surface area contributed by atoms with Gasteiger partial charge >= 0.3 is 5.97 Å². The van der Waals surface area contributed by atoms with E-state index in [9.17, 15) is 9.59 Å². The molecule has 0 saturated heterocycles. The Morgan fingerprint density at radius 3 is 2.72 bits per heavy atom. The first-order chi connectivity index (χ1) is 14.0. The average molecular weight is 392 g/mol. The lowest BCUT2D eigenvalue weighted by molar-refractivity contribution is -0.142. The van der Waals surface area contributed by atoms with Gasteiger partial charge in [-0.25, -0.2) is 4.79 Å². The van der Waals surface area contributed by atoms with Crippen molar-refractivity contribution < 1.29 is 19.1 Å². The van der Waals surface area contributed by atoms with E-state index in [4.69, 9.17) is 10.5 Å². The summed E-state index contributed by atoms with van der Waals surface area (Å²) in [4.78, 5) is 23.7. The third-order valence-corrected chi connectivity index (χ3v) is 5.56. The van der Waals surface area contributed by atoms with Gasteiger partial charge in [0.15, 0.2) is 6.61 Å². The molecule has 1 unspecified atom stereocenters. The van der Waals surface area contributed by atoms with E-state index in [1.165, 1.54) is 18.2 Å². The van der Waals surface area contributed by atoms with Crippen LogP contribution in [0.4, 0.5) is 0 Å². The minimum absolute atomic E-state index is 0.186. The smallest absolute Gasteiger partial charge is 0.343 e. The summed E-state index contributed by atoms with van der Waals surface area (Å²) < 4.78 is 12.7. The number of hydrogen-bond donors (Lipinski definition) is 1. The zero-order valence-electron chi connectivity index (χ0n) is 16.6. The molecule has 0 fully saturated rings. The Bertz CT molecular complexity index is 1100. The number of primary amides is 1. The highest BCUT2D eigenvalue weighted by Gasteiger charge is 2.34. The second-order valence-corrected chi connectivity index (χ2v) is 7.44. The molecule has 1 heterocycles. The quantitative estimate of drug-likeness (QED) is 0.654. The maximum absolute atomic E-state index is 12.1. The molecular weight excluding hydrogens is 368 g/mol. The lowest BCUT2D eigenvalue weighted by Crippen LogP contribution is -2.19. The van der Waals surface area contributed by atoms with Gasteiger partial charge in [0, 0.05) is 17.6 Å². The van der Waals surface area contributed by atoms with Crippen molar-refractivity contribution in [2.75, 3.05) is 13.7 Å². The third kappa shape index (κ3) is 3.46. The first kappa shape index (κ1) is 19.1. The van der Waals surface area contributed by atoms with E-state index in [2.05, 4.69) is 34.4 Å². The molecule has 4 rings (SSSR count). The van der Waals surface area contributed by atoms with Crippen LogP contribution in [0.1, 0.15) is 34.7 Å². The van der Waals surface area contributed by atoms with Crippen LogP contribution in [0, 0.1) is 6.92 Å². The van der Waals surface area contributed by atoms with Crippen molar-refractivity contribution in [3.05, 3.63) is 64.8 Å². The van der Waals surface area contributed by atoms with E-state index >= 15 is 0 Å². The van der Waals surface area contributed by atoms with Gasteiger partial charge in [-0.05, 0) is 43.0 Å². The van der Waals surface area contributed by atoms with Gasteiger partial charge < -0.3 is 19.8 Å². The van der Waals surface area contributed by atoms with Gasteiger partial charge in [-0.2, -0.15) is 0 Å². The molecule has 6 nitrogen and oxygen atoms in total. The number of fused-ring (bicyclic) bond motifs is 3. The number of benzene rings is 2. The largest absolute Gasteiger partial charge is 0.481 e. The molecule has 2 aromatic carbocycles. The Balaban J connectivity index is 1.86. The predicted molar refractivity (Wildman–Crippen MR) is 110 cm³/mol. The Labute approximate surface area is 169 Å². The zero-order valence-corrected chi connectivity index (χ0v) is 16.6. The van der Waals surface area contributed by atoms with Crippen LogP contribution in [0.3, 0.4) is 0 Å². The second-order valence-electron chi connectivity index (χ2n) is 7.44. The maximum atomic E-state index is 12.1. The second kappa shape index (κ2) is 7.62. The molecule has 2 N–H and O–H groups in total. The fourth-order valence-corrected chi connectivity index (χ4v) is 4.29. The van der Waals surface area contributed by atoms with Gasteiger partial charge in [-0.1, -0.05) is 35.9 Å². The molecule has 1 aromatic heterocycles. The molecule has 6 heteroatoms. The van der Waals surface area contributed by atoms with Gasteiger partial charge in [-0.3, -0.25) is 4.79 Å². The van der Waals surface area contributed by atoms with Crippen molar-refractivity contribution in [3.8, 4) is 5.75 Å². The number of aryl methyl sites for hydroxylation is 1. The fourth-order valence-electron chi connectivity index (χ4n) is 4.29. The van der Waals surface area contributed by atoms with Crippen LogP contribution in [0.25, 0.3) is 10.9 Å². The number of esters is 1. The molecule has 1 atom stereocenters. The minimum atomic E-state index is -0.454. The summed E-state index contributed by atoms with van der Waals surface area (Å²) in [5.41, 5.74) is 11.1. The molecule has 1 amide bonds. The van der Waals surface area contributed by atoms with Crippen LogP contribution in [-0.4, -0.2) is 30.2 Å². The molecule has 0 saturated carbocycles. The number of nitrogens with two attached hydrogens (primary N) is 1. The van der Waals surface area contributed by atoms with Gasteiger partial charge in [0.1, 0.15) is 5.75 Å². The number of hydrogen-bond acceptors (Lipinski definition) is 4. The number of carbonyl (C=O) groups excluding carboxylic acids is 2. The topological polar surface area (TPSA) is 83.6 Å². The van der Waals surface area contributed by atoms with Gasteiger partial charge in [0.25, 0.3) is 0 Å². The van der Waals surface area contributed by atoms with Gasteiger partial charge in [0.05, 0.1) is 18.5 Å². The highest BCUT2D eigenvalue weighted by molar-refractivity contribution is 5.97. The van der Waals surface area contributed by atoms with Crippen LogP contribution in [0.5, 0.6) is 5.75 Å². The number of methoxy groups -OCH3 is 1. The van der Waals surface area contributed by atoms with Crippen LogP contribution < -0.4 is 10.5 Å². The monoisotopic (exact) mass is 392 g/mol. The first-order valence-electron chi connectivity index (χ1n) is 9.68. The summed E-state index contributed by atoms with van der Waals surface area (Å²) in [6, 6.07) is 14.1. The van der Waals surface area contributed by atoms with Crippen molar-refractivity contribution in [3.63, 3.8) is 0 Å². The lowest BCUT2D eigenvalue weighted by Gasteiger charge is -2.12. The van der Waals surface area contributed by atoms with Crippen LogP contribution in [-0.2, 0) is 27.3 Å². The summed E-state index contributed by atoms with van der Waals surface area (Å²) in [6.45, 7) is 2.58. The van der Waals surface area contributed by atoms with Crippen molar-refractivity contribution >= 4 is 22.8 Å². The highest BCUT2D eigenvalue weighted by atomic mass is 16.6. The Hall–Kier alpha value is -3.28. The summed E-state index contributed by atoms with van der Waals surface area (Å²) in [6.07, 6.45) is 1.47. The molecular formula is C23H24N2O4. The van der Waals surface area contributed by atoms with E-state index < -0.39 is 5.97 Å². The van der Waals surface area contributed by atoms with E-state index in [-0.39, 0.29) is 18.4 Å². The van der Waals surface area contributed by atoms with E-state index in [1.807, 2.05) is 24.3 Å². The molecule has 29 heavy (non-hydrogen) atoms. The summed E-state index contributed by atoms with van der Waals surface area (Å²) in [5, 5.41) is 0.861. The number of amides is 1. The van der Waals surface area contributed by atoms with Crippen LogP contribution >= 0.6 is 0 Å². The normalized spacial score (nSPS) is 15.3. The van der Waals surface area contributed by atoms with E-state index in [0.717, 1.165) is 28.6 Å². The molecule has 150 valence electrons. The third-order valence-electron chi connectivity index (χ3n) is 5.56. The highest BCUT2D eigenvalue weighted by Crippen LogP contribution is 2.44. The van der Waals surface area contributed by atoms with Gasteiger partial charge in [0.2, 0.25) is 5.91 Å². The predicted octanol–water partition coefficient (Wildman–Crippen LogP) is 3.06. The number of aromatic nitrogens is 1. The standard InChI is InChI=1S/C23H24N2O4/c1-14-5-3-6-15(11-14)12-25-17-7-4-8-19(29-13-20(26)28-2)22(17)21-16(23(24)27)9-10-18(21)25/h3-8,11,16H,9-10,12-13H2,1-2H3,(H2,24,27). The van der Waals surface area contributed by atoms with E-state index in [1.54, 1.807) is 0 Å². The van der Waals surface area contributed by atoms with Crippen LogP contribution in [0.15, 0.2) is 42.5 Å².